The van der Waals surface area contributed by atoms with Gasteiger partial charge in [0.05, 0.1) is 0 Å². The first kappa shape index (κ1) is 15.7. The largest absolute Gasteiger partial charge is 0.463 e. The van der Waals surface area contributed by atoms with Crippen LogP contribution in [0.1, 0.15) is 0 Å². The average Bonchev–Trinajstić information content (AvgIpc) is 2.37. The lowest BCUT2D eigenvalue weighted by molar-refractivity contribution is -0.267. The van der Waals surface area contributed by atoms with Gasteiger partial charge < -0.3 is 5.32 Å². The molecule has 0 bridgehead atoms. The van der Waals surface area contributed by atoms with E-state index < -0.39 is 18.0 Å². The summed E-state index contributed by atoms with van der Waals surface area (Å²) in [5.41, 5.74) is -0.140. The molecule has 0 aliphatic rings. The van der Waals surface area contributed by atoms with Crippen LogP contribution in [0.15, 0.2) is 40.9 Å². The van der Waals surface area contributed by atoms with Gasteiger partial charge in [0.2, 0.25) is 0 Å². The van der Waals surface area contributed by atoms with Crippen LogP contribution in [0.25, 0.3) is 10.8 Å². The molecule has 2 rings (SSSR count). The molecule has 1 amide bonds. The number of nitrogens with one attached hydrogen (secondary N) is 1. The van der Waals surface area contributed by atoms with E-state index in [4.69, 9.17) is 0 Å². The molecule has 112 valence electrons. The normalized spacial score (nSPS) is 12.5. The molecule has 0 fully saturated rings. The summed E-state index contributed by atoms with van der Waals surface area (Å²) in [6.07, 6.45) is -5.93. The van der Waals surface area contributed by atoms with Gasteiger partial charge in [0.1, 0.15) is 0 Å². The van der Waals surface area contributed by atoms with Crippen LogP contribution in [0.5, 0.6) is 0 Å². The molecular formula is C13H7BrF5NO. The van der Waals surface area contributed by atoms with Gasteiger partial charge in [-0.05, 0) is 35.0 Å². The summed E-state index contributed by atoms with van der Waals surface area (Å²) >= 11 is 3.25. The van der Waals surface area contributed by atoms with E-state index in [1.54, 1.807) is 23.5 Å². The van der Waals surface area contributed by atoms with Crippen LogP contribution >= 0.6 is 15.9 Å². The van der Waals surface area contributed by atoms with Crippen LogP contribution in [0.2, 0.25) is 0 Å². The van der Waals surface area contributed by atoms with Gasteiger partial charge in [-0.3, -0.25) is 4.79 Å². The van der Waals surface area contributed by atoms with Crippen LogP contribution in [0.4, 0.5) is 27.6 Å². The van der Waals surface area contributed by atoms with E-state index in [0.717, 1.165) is 9.86 Å². The minimum Gasteiger partial charge on any atom is -0.321 e. The number of carbonyl (C=O) groups excluding carboxylic acids is 1. The molecule has 21 heavy (non-hydrogen) atoms. The van der Waals surface area contributed by atoms with E-state index in [2.05, 4.69) is 15.9 Å². The molecule has 2 nitrogen and oxygen atoms in total. The van der Waals surface area contributed by atoms with E-state index in [-0.39, 0.29) is 5.69 Å². The predicted octanol–water partition coefficient (Wildman–Crippen LogP) is 4.74. The Hall–Kier alpha value is -1.70. The van der Waals surface area contributed by atoms with Gasteiger partial charge in [0, 0.05) is 10.2 Å². The summed E-state index contributed by atoms with van der Waals surface area (Å²) in [6.45, 7) is 0. The highest BCUT2D eigenvalue weighted by Gasteiger charge is 2.63. The molecule has 0 heterocycles. The van der Waals surface area contributed by atoms with E-state index in [9.17, 15) is 26.7 Å². The number of anilines is 1. The third kappa shape index (κ3) is 3.15. The summed E-state index contributed by atoms with van der Waals surface area (Å²) < 4.78 is 62.7. The lowest BCUT2D eigenvalue weighted by Gasteiger charge is -2.18. The zero-order valence-electron chi connectivity index (χ0n) is 10.1. The van der Waals surface area contributed by atoms with Gasteiger partial charge in [-0.15, -0.1) is 0 Å². The first-order chi connectivity index (χ1) is 9.61. The third-order valence-corrected chi connectivity index (χ3v) is 3.19. The van der Waals surface area contributed by atoms with Crippen molar-refractivity contribution in [2.45, 2.75) is 12.1 Å². The Morgan fingerprint density at radius 2 is 1.52 bits per heavy atom. The summed E-state index contributed by atoms with van der Waals surface area (Å²) in [7, 11) is 0. The Balaban J connectivity index is 2.28. The van der Waals surface area contributed by atoms with Crippen molar-refractivity contribution < 1.29 is 26.7 Å². The predicted molar refractivity (Wildman–Crippen MR) is 71.3 cm³/mol. The van der Waals surface area contributed by atoms with Crippen LogP contribution in [-0.2, 0) is 4.79 Å². The second kappa shape index (κ2) is 5.25. The van der Waals surface area contributed by atoms with Crippen molar-refractivity contribution >= 4 is 38.3 Å². The van der Waals surface area contributed by atoms with E-state index in [0.29, 0.717) is 5.39 Å². The second-order valence-electron chi connectivity index (χ2n) is 4.23. The highest BCUT2D eigenvalue weighted by atomic mass is 79.9. The maximum Gasteiger partial charge on any atom is 0.463 e. The number of fused-ring (bicyclic) bond motifs is 1. The average molecular weight is 368 g/mol. The molecule has 0 radical (unpaired) electrons. The molecule has 0 aliphatic carbocycles. The minimum absolute atomic E-state index is 0.140. The van der Waals surface area contributed by atoms with Gasteiger partial charge in [-0.1, -0.05) is 28.1 Å². The summed E-state index contributed by atoms with van der Waals surface area (Å²) in [5, 5.41) is 2.90. The fourth-order valence-corrected chi connectivity index (χ4v) is 2.01. The SMILES string of the molecule is O=C(Nc1ccc2cc(Br)ccc2c1)C(F)(F)C(F)(F)F. The van der Waals surface area contributed by atoms with E-state index in [1.165, 1.54) is 18.2 Å². The topological polar surface area (TPSA) is 29.1 Å². The quantitative estimate of drug-likeness (QED) is 0.763. The van der Waals surface area contributed by atoms with Crippen LogP contribution in [-0.4, -0.2) is 18.0 Å². The van der Waals surface area contributed by atoms with Crippen LogP contribution in [0.3, 0.4) is 0 Å². The molecule has 2 aromatic carbocycles. The number of rotatable bonds is 2. The summed E-state index contributed by atoms with van der Waals surface area (Å²) in [5.74, 6) is -7.85. The second-order valence-corrected chi connectivity index (χ2v) is 5.15. The Kier molecular flexibility index (Phi) is 3.92. The lowest BCUT2D eigenvalue weighted by Crippen LogP contribution is -2.47. The first-order valence-electron chi connectivity index (χ1n) is 5.56. The third-order valence-electron chi connectivity index (χ3n) is 2.70. The number of benzene rings is 2. The van der Waals surface area contributed by atoms with Crippen LogP contribution < -0.4 is 5.32 Å². The Morgan fingerprint density at radius 3 is 2.14 bits per heavy atom. The number of carbonyl (C=O) groups is 1. The number of halogens is 6. The van der Waals surface area contributed by atoms with Crippen molar-refractivity contribution in [3.05, 3.63) is 40.9 Å². The van der Waals surface area contributed by atoms with Gasteiger partial charge in [-0.25, -0.2) is 0 Å². The highest BCUT2D eigenvalue weighted by molar-refractivity contribution is 9.10. The molecule has 0 aliphatic heterocycles. The Bertz CT molecular complexity index is 699. The summed E-state index contributed by atoms with van der Waals surface area (Å²) in [6, 6.07) is 9.12. The van der Waals surface area contributed by atoms with Crippen molar-refractivity contribution in [1.29, 1.82) is 0 Å². The molecular weight excluding hydrogens is 361 g/mol. The molecule has 0 aromatic heterocycles. The van der Waals surface area contributed by atoms with Crippen molar-refractivity contribution in [3.8, 4) is 0 Å². The van der Waals surface area contributed by atoms with Crippen molar-refractivity contribution in [1.82, 2.24) is 0 Å². The Labute approximate surface area is 124 Å². The number of amides is 1. The fourth-order valence-electron chi connectivity index (χ4n) is 1.63. The van der Waals surface area contributed by atoms with E-state index in [1.807, 2.05) is 0 Å². The monoisotopic (exact) mass is 367 g/mol. The smallest absolute Gasteiger partial charge is 0.321 e. The van der Waals surface area contributed by atoms with Gasteiger partial charge in [-0.2, -0.15) is 22.0 Å². The van der Waals surface area contributed by atoms with Gasteiger partial charge in [0.15, 0.2) is 0 Å². The van der Waals surface area contributed by atoms with Crippen molar-refractivity contribution in [2.24, 2.45) is 0 Å². The molecule has 2 aromatic rings. The first-order valence-corrected chi connectivity index (χ1v) is 6.36. The maximum atomic E-state index is 12.8. The van der Waals surface area contributed by atoms with Crippen molar-refractivity contribution in [3.63, 3.8) is 0 Å². The minimum atomic E-state index is -5.93. The van der Waals surface area contributed by atoms with Gasteiger partial charge in [0.25, 0.3) is 0 Å². The molecule has 8 heteroatoms. The fraction of sp³-hybridized carbons (Fsp3) is 0.154. The molecule has 0 saturated carbocycles. The molecule has 0 atom stereocenters. The molecule has 0 spiro atoms. The van der Waals surface area contributed by atoms with Gasteiger partial charge >= 0.3 is 18.0 Å². The molecule has 0 saturated heterocycles. The maximum absolute atomic E-state index is 12.8. The number of hydrogen-bond acceptors (Lipinski definition) is 1. The van der Waals surface area contributed by atoms with E-state index >= 15 is 0 Å². The number of alkyl halides is 5. The van der Waals surface area contributed by atoms with Crippen molar-refractivity contribution in [2.75, 3.05) is 5.32 Å². The molecule has 0 unspecified atom stereocenters. The number of hydrogen-bond donors (Lipinski definition) is 1. The highest BCUT2D eigenvalue weighted by Crippen LogP contribution is 2.36. The zero-order chi connectivity index (χ0) is 15.8. The Morgan fingerprint density at radius 1 is 0.952 bits per heavy atom. The summed E-state index contributed by atoms with van der Waals surface area (Å²) in [4.78, 5) is 11.1. The standard InChI is InChI=1S/C13H7BrF5NO/c14-9-3-1-8-6-10(4-2-7(8)5-9)20-11(21)12(15,16)13(17,18)19/h1-6H,(H,20,21). The molecule has 1 N–H and O–H groups in total. The zero-order valence-corrected chi connectivity index (χ0v) is 11.7. The van der Waals surface area contributed by atoms with Crippen LogP contribution in [0, 0.1) is 0 Å². The lowest BCUT2D eigenvalue weighted by atomic mass is 10.1.